The first-order valence-electron chi connectivity index (χ1n) is 12.4. The van der Waals surface area contributed by atoms with E-state index in [1.807, 2.05) is 38.1 Å². The Balaban J connectivity index is 1.44. The molecule has 2 N–H and O–H groups in total. The van der Waals surface area contributed by atoms with Crippen molar-refractivity contribution in [2.75, 3.05) is 10.6 Å². The van der Waals surface area contributed by atoms with Crippen molar-refractivity contribution < 1.29 is 14.4 Å². The minimum absolute atomic E-state index is 0.161. The molecule has 39 heavy (non-hydrogen) atoms. The molecule has 0 bridgehead atoms. The Morgan fingerprint density at radius 3 is 2.59 bits per heavy atom. The molecule has 1 aliphatic heterocycles. The van der Waals surface area contributed by atoms with Crippen molar-refractivity contribution in [2.24, 2.45) is 0 Å². The summed E-state index contributed by atoms with van der Waals surface area (Å²) in [4.78, 5) is 50.2. The number of hydrogen-bond acceptors (Lipinski definition) is 5. The van der Waals surface area contributed by atoms with E-state index < -0.39 is 6.04 Å². The van der Waals surface area contributed by atoms with Crippen LogP contribution in [0.5, 0.6) is 0 Å². The van der Waals surface area contributed by atoms with E-state index >= 15 is 0 Å². The van der Waals surface area contributed by atoms with Crippen LogP contribution in [-0.2, 0) is 17.8 Å². The van der Waals surface area contributed by atoms with Crippen molar-refractivity contribution in [1.82, 2.24) is 14.9 Å². The van der Waals surface area contributed by atoms with Crippen LogP contribution >= 0.6 is 11.6 Å². The molecule has 9 heteroatoms. The van der Waals surface area contributed by atoms with Crippen LogP contribution in [0.25, 0.3) is 0 Å². The zero-order chi connectivity index (χ0) is 27.5. The van der Waals surface area contributed by atoms with E-state index in [0.29, 0.717) is 33.3 Å². The normalized spacial score (nSPS) is 14.8. The Bertz CT molecular complexity index is 1560. The number of benzene rings is 2. The number of halogens is 1. The van der Waals surface area contributed by atoms with E-state index in [-0.39, 0.29) is 30.7 Å². The van der Waals surface area contributed by atoms with Crippen LogP contribution in [0.4, 0.5) is 11.5 Å². The molecule has 196 valence electrons. The van der Waals surface area contributed by atoms with Gasteiger partial charge in [0.25, 0.3) is 11.8 Å². The molecule has 2 aromatic carbocycles. The first-order valence-corrected chi connectivity index (χ1v) is 12.8. The number of carbonyl (C=O) groups is 3. The molecule has 1 aliphatic rings. The molecule has 5 rings (SSSR count). The number of aromatic nitrogens is 2. The highest BCUT2D eigenvalue weighted by Gasteiger charge is 2.36. The van der Waals surface area contributed by atoms with Gasteiger partial charge in [0.05, 0.1) is 11.3 Å². The Morgan fingerprint density at radius 2 is 1.87 bits per heavy atom. The summed E-state index contributed by atoms with van der Waals surface area (Å²) in [7, 11) is 0. The van der Waals surface area contributed by atoms with Gasteiger partial charge >= 0.3 is 0 Å². The molecule has 3 amide bonds. The van der Waals surface area contributed by atoms with Crippen LogP contribution in [0.3, 0.4) is 0 Å². The van der Waals surface area contributed by atoms with Crippen molar-refractivity contribution in [3.63, 3.8) is 0 Å². The SMILES string of the molecule is Cc1ccc(NC(=O)c2ccc(CN3C(=O)c4ccc(Cl)cc4NC(=O)[C@H]3Cc3ccccn3)cc2C)nc1. The Kier molecular flexibility index (Phi) is 7.38. The fraction of sp³-hybridized carbons (Fsp3) is 0.167. The van der Waals surface area contributed by atoms with Gasteiger partial charge in [-0.3, -0.25) is 19.4 Å². The van der Waals surface area contributed by atoms with Gasteiger partial charge in [-0.1, -0.05) is 35.9 Å². The van der Waals surface area contributed by atoms with Gasteiger partial charge in [-0.2, -0.15) is 0 Å². The number of carbonyl (C=O) groups excluding carboxylic acids is 3. The second-order valence-corrected chi connectivity index (χ2v) is 9.91. The van der Waals surface area contributed by atoms with Crippen molar-refractivity contribution in [3.8, 4) is 0 Å². The molecule has 0 saturated heterocycles. The number of hydrogen-bond donors (Lipinski definition) is 2. The fourth-order valence-corrected chi connectivity index (χ4v) is 4.74. The Hall–Kier alpha value is -4.56. The smallest absolute Gasteiger partial charge is 0.257 e. The number of nitrogens with zero attached hydrogens (tertiary/aromatic N) is 3. The summed E-state index contributed by atoms with van der Waals surface area (Å²) in [6.07, 6.45) is 3.58. The van der Waals surface area contributed by atoms with E-state index in [0.717, 1.165) is 16.7 Å². The lowest BCUT2D eigenvalue weighted by Crippen LogP contribution is -2.46. The molecular formula is C30H26ClN5O3. The van der Waals surface area contributed by atoms with Crippen LogP contribution in [0.1, 0.15) is 43.1 Å². The summed E-state index contributed by atoms with van der Waals surface area (Å²) >= 11 is 6.15. The van der Waals surface area contributed by atoms with Crippen molar-refractivity contribution in [3.05, 3.63) is 118 Å². The molecule has 1 atom stereocenters. The van der Waals surface area contributed by atoms with E-state index in [9.17, 15) is 14.4 Å². The summed E-state index contributed by atoms with van der Waals surface area (Å²) in [5.41, 5.74) is 4.42. The minimum atomic E-state index is -0.811. The highest BCUT2D eigenvalue weighted by molar-refractivity contribution is 6.31. The summed E-state index contributed by atoms with van der Waals surface area (Å²) in [5.74, 6) is -0.440. The molecule has 0 aliphatic carbocycles. The predicted octanol–water partition coefficient (Wildman–Crippen LogP) is 5.20. The summed E-state index contributed by atoms with van der Waals surface area (Å²) < 4.78 is 0. The van der Waals surface area contributed by atoms with Crippen LogP contribution in [0.15, 0.2) is 79.1 Å². The molecule has 0 spiro atoms. The van der Waals surface area contributed by atoms with E-state index in [1.54, 1.807) is 59.8 Å². The van der Waals surface area contributed by atoms with Crippen molar-refractivity contribution in [1.29, 1.82) is 0 Å². The highest BCUT2D eigenvalue weighted by Crippen LogP contribution is 2.29. The molecule has 0 radical (unpaired) electrons. The maximum Gasteiger partial charge on any atom is 0.257 e. The number of pyridine rings is 2. The van der Waals surface area contributed by atoms with Gasteiger partial charge in [-0.25, -0.2) is 4.98 Å². The highest BCUT2D eigenvalue weighted by atomic mass is 35.5. The van der Waals surface area contributed by atoms with Crippen LogP contribution in [-0.4, -0.2) is 38.6 Å². The van der Waals surface area contributed by atoms with Gasteiger partial charge < -0.3 is 15.5 Å². The van der Waals surface area contributed by atoms with Crippen molar-refractivity contribution >= 4 is 40.8 Å². The van der Waals surface area contributed by atoms with Crippen LogP contribution in [0, 0.1) is 13.8 Å². The van der Waals surface area contributed by atoms with E-state index in [1.165, 1.54) is 0 Å². The lowest BCUT2D eigenvalue weighted by Gasteiger charge is -2.29. The van der Waals surface area contributed by atoms with E-state index in [2.05, 4.69) is 20.6 Å². The number of amides is 3. The standard InChI is InChI=1S/C30H26ClN5O3/c1-18-6-11-27(33-16-18)35-28(37)23-9-7-20(13-19(23)2)17-36-26(15-22-5-3-4-12-32-22)29(38)34-25-14-21(31)8-10-24(25)30(36)39/h3-14,16,26H,15,17H2,1-2H3,(H,34,38)(H,33,35,37)/t26-/m1/s1. The molecule has 2 aromatic heterocycles. The molecule has 0 unspecified atom stereocenters. The number of aryl methyl sites for hydroxylation is 2. The third-order valence-electron chi connectivity index (χ3n) is 6.58. The molecule has 0 fully saturated rings. The lowest BCUT2D eigenvalue weighted by atomic mass is 10.0. The first kappa shape index (κ1) is 26.1. The van der Waals surface area contributed by atoms with Crippen LogP contribution in [0.2, 0.25) is 5.02 Å². The fourth-order valence-electron chi connectivity index (χ4n) is 4.56. The second kappa shape index (κ2) is 11.0. The van der Waals surface area contributed by atoms with Crippen molar-refractivity contribution in [2.45, 2.75) is 32.9 Å². The monoisotopic (exact) mass is 539 g/mol. The van der Waals surface area contributed by atoms with Gasteiger partial charge in [0.1, 0.15) is 11.9 Å². The summed E-state index contributed by atoms with van der Waals surface area (Å²) in [6.45, 7) is 3.92. The molecule has 0 saturated carbocycles. The predicted molar refractivity (Wildman–Crippen MR) is 150 cm³/mol. The van der Waals surface area contributed by atoms with Gasteiger partial charge in [0.15, 0.2) is 0 Å². The van der Waals surface area contributed by atoms with Crippen LogP contribution < -0.4 is 10.6 Å². The van der Waals surface area contributed by atoms with Gasteiger partial charge in [0, 0.05) is 41.6 Å². The molecule has 3 heterocycles. The largest absolute Gasteiger partial charge is 0.323 e. The van der Waals surface area contributed by atoms with Gasteiger partial charge in [0.2, 0.25) is 5.91 Å². The second-order valence-electron chi connectivity index (χ2n) is 9.48. The lowest BCUT2D eigenvalue weighted by molar-refractivity contribution is -0.120. The number of nitrogens with one attached hydrogen (secondary N) is 2. The van der Waals surface area contributed by atoms with E-state index in [4.69, 9.17) is 11.6 Å². The average molecular weight is 540 g/mol. The molecule has 4 aromatic rings. The minimum Gasteiger partial charge on any atom is -0.323 e. The topological polar surface area (TPSA) is 104 Å². The zero-order valence-corrected chi connectivity index (χ0v) is 22.2. The quantitative estimate of drug-likeness (QED) is 0.350. The maximum absolute atomic E-state index is 13.8. The van der Waals surface area contributed by atoms with Gasteiger partial charge in [-0.15, -0.1) is 0 Å². The number of fused-ring (bicyclic) bond motifs is 1. The summed E-state index contributed by atoms with van der Waals surface area (Å²) in [5, 5.41) is 6.10. The number of anilines is 2. The first-order chi connectivity index (χ1) is 18.8. The third kappa shape index (κ3) is 5.81. The molecular weight excluding hydrogens is 514 g/mol. The van der Waals surface area contributed by atoms with Gasteiger partial charge in [-0.05, 0) is 73.0 Å². The average Bonchev–Trinajstić information content (AvgIpc) is 3.00. The Labute approximate surface area is 231 Å². The summed E-state index contributed by atoms with van der Waals surface area (Å²) in [6, 6.07) is 18.5. The molecule has 8 nitrogen and oxygen atoms in total. The zero-order valence-electron chi connectivity index (χ0n) is 21.4. The number of rotatable bonds is 6. The maximum atomic E-state index is 13.8. The Morgan fingerprint density at radius 1 is 1.03 bits per heavy atom. The third-order valence-corrected chi connectivity index (χ3v) is 6.81.